The van der Waals surface area contributed by atoms with E-state index in [1.54, 1.807) is 7.11 Å². The number of anilines is 1. The van der Waals surface area contributed by atoms with Gasteiger partial charge in [0.1, 0.15) is 5.75 Å². The third-order valence-corrected chi connectivity index (χ3v) is 4.31. The molecule has 0 saturated carbocycles. The number of thiol groups is 1. The Balaban J connectivity index is 1.85. The van der Waals surface area contributed by atoms with Crippen LogP contribution in [0.5, 0.6) is 5.75 Å². The normalized spacial score (nSPS) is 18.4. The van der Waals surface area contributed by atoms with Gasteiger partial charge in [-0.05, 0) is 35.9 Å². The van der Waals surface area contributed by atoms with Crippen molar-refractivity contribution in [3.05, 3.63) is 24.3 Å². The molecule has 19 heavy (non-hydrogen) atoms. The first kappa shape index (κ1) is 14.5. The molecule has 1 aliphatic rings. The molecule has 1 atom stereocenters. The summed E-state index contributed by atoms with van der Waals surface area (Å²) in [7, 11) is 1.70. The van der Waals surface area contributed by atoms with Crippen molar-refractivity contribution in [2.45, 2.75) is 6.92 Å². The molecule has 1 fully saturated rings. The summed E-state index contributed by atoms with van der Waals surface area (Å²) in [5.74, 6) is 2.57. The average molecular weight is 280 g/mol. The SMILES string of the molecule is COc1ccc(N2CCN(CC(C)CS)CC2)cc1. The van der Waals surface area contributed by atoms with E-state index in [0.717, 1.165) is 37.7 Å². The van der Waals surface area contributed by atoms with Crippen LogP contribution in [-0.4, -0.2) is 50.5 Å². The lowest BCUT2D eigenvalue weighted by Crippen LogP contribution is -2.47. The lowest BCUT2D eigenvalue weighted by Gasteiger charge is -2.37. The Kier molecular flexibility index (Phi) is 5.40. The van der Waals surface area contributed by atoms with Crippen LogP contribution in [0, 0.1) is 5.92 Å². The van der Waals surface area contributed by atoms with E-state index in [9.17, 15) is 0 Å². The molecular weight excluding hydrogens is 256 g/mol. The number of hydrogen-bond donors (Lipinski definition) is 1. The highest BCUT2D eigenvalue weighted by molar-refractivity contribution is 7.80. The largest absolute Gasteiger partial charge is 0.497 e. The Morgan fingerprint density at radius 2 is 1.79 bits per heavy atom. The first-order chi connectivity index (χ1) is 9.22. The van der Waals surface area contributed by atoms with Gasteiger partial charge in [-0.15, -0.1) is 0 Å². The van der Waals surface area contributed by atoms with Gasteiger partial charge < -0.3 is 9.64 Å². The first-order valence-corrected chi connectivity index (χ1v) is 7.58. The van der Waals surface area contributed by atoms with E-state index in [-0.39, 0.29) is 0 Å². The summed E-state index contributed by atoms with van der Waals surface area (Å²) in [6.45, 7) is 7.92. The molecule has 1 aliphatic heterocycles. The summed E-state index contributed by atoms with van der Waals surface area (Å²) in [6, 6.07) is 8.35. The number of ether oxygens (including phenoxy) is 1. The zero-order valence-electron chi connectivity index (χ0n) is 11.9. The van der Waals surface area contributed by atoms with Crippen molar-refractivity contribution in [3.8, 4) is 5.75 Å². The minimum Gasteiger partial charge on any atom is -0.497 e. The summed E-state index contributed by atoms with van der Waals surface area (Å²) in [5, 5.41) is 0. The van der Waals surface area contributed by atoms with E-state index in [1.807, 2.05) is 12.1 Å². The molecule has 0 aromatic heterocycles. The zero-order valence-corrected chi connectivity index (χ0v) is 12.8. The maximum absolute atomic E-state index is 5.20. The minimum absolute atomic E-state index is 0.677. The summed E-state index contributed by atoms with van der Waals surface area (Å²) in [5.41, 5.74) is 1.29. The summed E-state index contributed by atoms with van der Waals surface area (Å²) in [4.78, 5) is 4.99. The fourth-order valence-electron chi connectivity index (χ4n) is 2.48. The molecule has 0 N–H and O–H groups in total. The molecule has 0 amide bonds. The second kappa shape index (κ2) is 7.06. The van der Waals surface area contributed by atoms with Crippen LogP contribution in [-0.2, 0) is 0 Å². The average Bonchev–Trinajstić information content (AvgIpc) is 2.48. The van der Waals surface area contributed by atoms with E-state index in [0.29, 0.717) is 5.92 Å². The number of methoxy groups -OCH3 is 1. The fourth-order valence-corrected chi connectivity index (χ4v) is 2.60. The highest BCUT2D eigenvalue weighted by Crippen LogP contribution is 2.20. The Bertz CT molecular complexity index is 374. The second-order valence-electron chi connectivity index (χ2n) is 5.27. The monoisotopic (exact) mass is 280 g/mol. The van der Waals surface area contributed by atoms with Gasteiger partial charge in [0.25, 0.3) is 0 Å². The predicted molar refractivity (Wildman–Crippen MR) is 84.7 cm³/mol. The van der Waals surface area contributed by atoms with Crippen LogP contribution in [0.3, 0.4) is 0 Å². The Labute approximate surface area is 121 Å². The van der Waals surface area contributed by atoms with Gasteiger partial charge in [0.15, 0.2) is 0 Å². The van der Waals surface area contributed by atoms with Gasteiger partial charge in [-0.1, -0.05) is 6.92 Å². The maximum atomic E-state index is 5.20. The van der Waals surface area contributed by atoms with Crippen LogP contribution < -0.4 is 9.64 Å². The zero-order chi connectivity index (χ0) is 13.7. The summed E-state index contributed by atoms with van der Waals surface area (Å²) in [6.07, 6.45) is 0. The highest BCUT2D eigenvalue weighted by atomic mass is 32.1. The van der Waals surface area contributed by atoms with Crippen LogP contribution in [0.4, 0.5) is 5.69 Å². The Morgan fingerprint density at radius 3 is 2.32 bits per heavy atom. The number of hydrogen-bond acceptors (Lipinski definition) is 4. The second-order valence-corrected chi connectivity index (χ2v) is 5.64. The van der Waals surface area contributed by atoms with Gasteiger partial charge in [-0.25, -0.2) is 0 Å². The number of nitrogens with zero attached hydrogens (tertiary/aromatic N) is 2. The molecule has 0 aliphatic carbocycles. The van der Waals surface area contributed by atoms with Crippen LogP contribution >= 0.6 is 12.6 Å². The quantitative estimate of drug-likeness (QED) is 0.834. The van der Waals surface area contributed by atoms with Gasteiger partial charge >= 0.3 is 0 Å². The van der Waals surface area contributed by atoms with E-state index in [2.05, 4.69) is 41.5 Å². The van der Waals surface area contributed by atoms with Crippen LogP contribution in [0.2, 0.25) is 0 Å². The molecule has 1 heterocycles. The third-order valence-electron chi connectivity index (χ3n) is 3.69. The maximum Gasteiger partial charge on any atom is 0.119 e. The van der Waals surface area contributed by atoms with Crippen molar-refractivity contribution in [1.82, 2.24) is 4.90 Å². The molecule has 3 nitrogen and oxygen atoms in total. The van der Waals surface area contributed by atoms with Crippen molar-refractivity contribution >= 4 is 18.3 Å². The smallest absolute Gasteiger partial charge is 0.119 e. The van der Waals surface area contributed by atoms with E-state index < -0.39 is 0 Å². The number of benzene rings is 1. The molecule has 0 radical (unpaired) electrons. The van der Waals surface area contributed by atoms with Crippen LogP contribution in [0.1, 0.15) is 6.92 Å². The van der Waals surface area contributed by atoms with Crippen molar-refractivity contribution in [2.75, 3.05) is 50.5 Å². The molecule has 0 spiro atoms. The molecule has 1 aromatic rings. The lowest BCUT2D eigenvalue weighted by molar-refractivity contribution is 0.233. The van der Waals surface area contributed by atoms with Gasteiger partial charge in [0, 0.05) is 38.4 Å². The van der Waals surface area contributed by atoms with Gasteiger partial charge in [-0.3, -0.25) is 4.90 Å². The van der Waals surface area contributed by atoms with Crippen LogP contribution in [0.15, 0.2) is 24.3 Å². The van der Waals surface area contributed by atoms with Crippen molar-refractivity contribution in [2.24, 2.45) is 5.92 Å². The molecule has 1 saturated heterocycles. The topological polar surface area (TPSA) is 15.7 Å². The first-order valence-electron chi connectivity index (χ1n) is 6.95. The molecule has 0 bridgehead atoms. The number of rotatable bonds is 5. The van der Waals surface area contributed by atoms with Crippen molar-refractivity contribution in [3.63, 3.8) is 0 Å². The van der Waals surface area contributed by atoms with Crippen LogP contribution in [0.25, 0.3) is 0 Å². The van der Waals surface area contributed by atoms with Crippen molar-refractivity contribution in [1.29, 1.82) is 0 Å². The molecule has 1 unspecified atom stereocenters. The Hall–Kier alpha value is -0.870. The van der Waals surface area contributed by atoms with Crippen molar-refractivity contribution < 1.29 is 4.74 Å². The summed E-state index contributed by atoms with van der Waals surface area (Å²) >= 11 is 4.36. The van der Waals surface area contributed by atoms with E-state index >= 15 is 0 Å². The lowest BCUT2D eigenvalue weighted by atomic mass is 10.1. The number of piperazine rings is 1. The van der Waals surface area contributed by atoms with Gasteiger partial charge in [-0.2, -0.15) is 12.6 Å². The summed E-state index contributed by atoms with van der Waals surface area (Å²) < 4.78 is 5.20. The Morgan fingerprint density at radius 1 is 1.16 bits per heavy atom. The molecule has 4 heteroatoms. The van der Waals surface area contributed by atoms with Gasteiger partial charge in [0.05, 0.1) is 7.11 Å². The molecule has 1 aromatic carbocycles. The molecule has 2 rings (SSSR count). The standard InChI is InChI=1S/C15H24N2OS/c1-13(12-19)11-16-7-9-17(10-8-16)14-3-5-15(18-2)6-4-14/h3-6,13,19H,7-12H2,1-2H3. The highest BCUT2D eigenvalue weighted by Gasteiger charge is 2.18. The molecule has 106 valence electrons. The molecular formula is C15H24N2OS. The van der Waals surface area contributed by atoms with Gasteiger partial charge in [0.2, 0.25) is 0 Å². The van der Waals surface area contributed by atoms with E-state index in [1.165, 1.54) is 12.2 Å². The predicted octanol–water partition coefficient (Wildman–Crippen LogP) is 2.38. The third kappa shape index (κ3) is 4.05. The fraction of sp³-hybridized carbons (Fsp3) is 0.600. The minimum atomic E-state index is 0.677. The van der Waals surface area contributed by atoms with E-state index in [4.69, 9.17) is 4.74 Å².